The molecule has 1 saturated heterocycles. The number of likely N-dealkylation sites (tertiary alicyclic amines) is 1. The molecule has 0 spiro atoms. The molecule has 118 valence electrons. The molecule has 2 atom stereocenters. The maximum absolute atomic E-state index is 6.33. The molecule has 1 fully saturated rings. The van der Waals surface area contributed by atoms with Gasteiger partial charge in [-0.1, -0.05) is 31.0 Å². The van der Waals surface area contributed by atoms with Gasteiger partial charge in [0, 0.05) is 6.04 Å². The summed E-state index contributed by atoms with van der Waals surface area (Å²) in [5.74, 6) is 1.24. The Balaban J connectivity index is 2.34. The van der Waals surface area contributed by atoms with Gasteiger partial charge in [-0.25, -0.2) is 0 Å². The molecule has 3 nitrogen and oxygen atoms in total. The van der Waals surface area contributed by atoms with Crippen molar-refractivity contribution in [3.05, 3.63) is 28.8 Å². The predicted octanol–water partition coefficient (Wildman–Crippen LogP) is 3.86. The van der Waals surface area contributed by atoms with E-state index in [0.717, 1.165) is 31.8 Å². The average molecular weight is 311 g/mol. The minimum absolute atomic E-state index is 0.376. The molecule has 1 heterocycles. The van der Waals surface area contributed by atoms with E-state index in [-0.39, 0.29) is 0 Å². The fourth-order valence-electron chi connectivity index (χ4n) is 3.45. The zero-order valence-electron chi connectivity index (χ0n) is 13.1. The van der Waals surface area contributed by atoms with E-state index in [4.69, 9.17) is 22.1 Å². The van der Waals surface area contributed by atoms with E-state index in [2.05, 4.69) is 24.0 Å². The average Bonchev–Trinajstić information content (AvgIpc) is 2.69. The molecule has 1 aliphatic heterocycles. The fourth-order valence-corrected chi connectivity index (χ4v) is 3.72. The molecule has 2 rings (SSSR count). The molecule has 1 aromatic carbocycles. The molecule has 0 bridgehead atoms. The number of rotatable bonds is 5. The quantitative estimate of drug-likeness (QED) is 0.897. The van der Waals surface area contributed by atoms with Crippen LogP contribution in [0, 0.1) is 5.92 Å². The Bertz CT molecular complexity index is 452. The van der Waals surface area contributed by atoms with E-state index in [9.17, 15) is 0 Å². The van der Waals surface area contributed by atoms with Gasteiger partial charge in [0.15, 0.2) is 0 Å². The number of ether oxygens (including phenoxy) is 1. The van der Waals surface area contributed by atoms with Gasteiger partial charge in [0.05, 0.1) is 12.1 Å². The van der Waals surface area contributed by atoms with Gasteiger partial charge >= 0.3 is 0 Å². The second-order valence-electron chi connectivity index (χ2n) is 5.87. The van der Waals surface area contributed by atoms with Gasteiger partial charge in [-0.05, 0) is 62.5 Å². The van der Waals surface area contributed by atoms with Gasteiger partial charge in [-0.3, -0.25) is 4.90 Å². The number of nitrogens with zero attached hydrogens (tertiary/aromatic N) is 1. The third kappa shape index (κ3) is 3.91. The SMILES string of the molecule is CCCN1CCCCC(CN)C1c1ccc(OC)c(Cl)c1. The number of benzene rings is 1. The van der Waals surface area contributed by atoms with Gasteiger partial charge in [-0.15, -0.1) is 0 Å². The number of hydrogen-bond acceptors (Lipinski definition) is 3. The van der Waals surface area contributed by atoms with Crippen molar-refractivity contribution < 1.29 is 4.74 Å². The Hall–Kier alpha value is -0.770. The summed E-state index contributed by atoms with van der Waals surface area (Å²) in [5, 5.41) is 0.687. The van der Waals surface area contributed by atoms with Crippen LogP contribution in [0.2, 0.25) is 5.02 Å². The highest BCUT2D eigenvalue weighted by Gasteiger charge is 2.30. The van der Waals surface area contributed by atoms with E-state index in [0.29, 0.717) is 17.0 Å². The van der Waals surface area contributed by atoms with Crippen LogP contribution in [0.25, 0.3) is 0 Å². The summed E-state index contributed by atoms with van der Waals surface area (Å²) < 4.78 is 5.27. The van der Waals surface area contributed by atoms with Crippen molar-refractivity contribution in [2.24, 2.45) is 11.7 Å². The summed E-state index contributed by atoms with van der Waals surface area (Å²) in [7, 11) is 1.65. The van der Waals surface area contributed by atoms with E-state index in [1.165, 1.54) is 24.8 Å². The number of nitrogens with two attached hydrogens (primary N) is 1. The molecule has 4 heteroatoms. The summed E-state index contributed by atoms with van der Waals surface area (Å²) in [4.78, 5) is 2.59. The van der Waals surface area contributed by atoms with Crippen LogP contribution in [0.3, 0.4) is 0 Å². The van der Waals surface area contributed by atoms with Crippen LogP contribution in [0.1, 0.15) is 44.2 Å². The Morgan fingerprint density at radius 1 is 1.38 bits per heavy atom. The van der Waals surface area contributed by atoms with Gasteiger partial charge in [0.2, 0.25) is 0 Å². The first-order valence-corrected chi connectivity index (χ1v) is 8.36. The van der Waals surface area contributed by atoms with Crippen LogP contribution in [0.4, 0.5) is 0 Å². The van der Waals surface area contributed by atoms with E-state index in [1.807, 2.05) is 6.07 Å². The van der Waals surface area contributed by atoms with Crippen LogP contribution < -0.4 is 10.5 Å². The third-order valence-corrected chi connectivity index (χ3v) is 4.74. The number of methoxy groups -OCH3 is 1. The van der Waals surface area contributed by atoms with Crippen molar-refractivity contribution in [1.82, 2.24) is 4.90 Å². The summed E-state index contributed by atoms with van der Waals surface area (Å²) in [6.45, 7) is 5.23. The first-order valence-electron chi connectivity index (χ1n) is 7.98. The van der Waals surface area contributed by atoms with Gasteiger partial charge < -0.3 is 10.5 Å². The summed E-state index contributed by atoms with van der Waals surface area (Å²) in [5.41, 5.74) is 7.34. The minimum atomic E-state index is 0.376. The molecule has 2 unspecified atom stereocenters. The van der Waals surface area contributed by atoms with E-state index < -0.39 is 0 Å². The second-order valence-corrected chi connectivity index (χ2v) is 6.27. The van der Waals surface area contributed by atoms with Crippen LogP contribution in [-0.4, -0.2) is 31.6 Å². The maximum atomic E-state index is 6.33. The summed E-state index contributed by atoms with van der Waals surface area (Å²) in [6.07, 6.45) is 4.89. The van der Waals surface area contributed by atoms with E-state index >= 15 is 0 Å². The van der Waals surface area contributed by atoms with Gasteiger partial charge in [0.1, 0.15) is 5.75 Å². The maximum Gasteiger partial charge on any atom is 0.137 e. The first-order chi connectivity index (χ1) is 10.2. The fraction of sp³-hybridized carbons (Fsp3) is 0.647. The van der Waals surface area contributed by atoms with Crippen LogP contribution in [0.5, 0.6) is 5.75 Å². The monoisotopic (exact) mass is 310 g/mol. The normalized spacial score (nSPS) is 23.8. The smallest absolute Gasteiger partial charge is 0.137 e. The topological polar surface area (TPSA) is 38.5 Å². The number of halogens is 1. The summed E-state index contributed by atoms with van der Waals surface area (Å²) in [6, 6.07) is 6.55. The molecular weight excluding hydrogens is 284 g/mol. The standard InChI is InChI=1S/C17H27ClN2O/c1-3-9-20-10-5-4-6-14(12-19)17(20)13-7-8-16(21-2)15(18)11-13/h7-8,11,14,17H,3-6,9-10,12,19H2,1-2H3. The predicted molar refractivity (Wildman–Crippen MR) is 89.0 cm³/mol. The molecule has 0 saturated carbocycles. The lowest BCUT2D eigenvalue weighted by Crippen LogP contribution is -2.36. The lowest BCUT2D eigenvalue weighted by molar-refractivity contribution is 0.158. The van der Waals surface area contributed by atoms with Crippen LogP contribution >= 0.6 is 11.6 Å². The molecule has 1 aromatic rings. The Morgan fingerprint density at radius 3 is 2.81 bits per heavy atom. The molecule has 1 aliphatic rings. The largest absolute Gasteiger partial charge is 0.495 e. The molecule has 0 aromatic heterocycles. The first kappa shape index (κ1) is 16.6. The van der Waals surface area contributed by atoms with Crippen molar-refractivity contribution in [3.8, 4) is 5.75 Å². The van der Waals surface area contributed by atoms with Crippen molar-refractivity contribution in [2.75, 3.05) is 26.7 Å². The lowest BCUT2D eigenvalue weighted by Gasteiger charge is -2.35. The van der Waals surface area contributed by atoms with Crippen molar-refractivity contribution in [3.63, 3.8) is 0 Å². The highest BCUT2D eigenvalue weighted by atomic mass is 35.5. The molecular formula is C17H27ClN2O. The van der Waals surface area contributed by atoms with E-state index in [1.54, 1.807) is 7.11 Å². The van der Waals surface area contributed by atoms with Crippen molar-refractivity contribution in [1.29, 1.82) is 0 Å². The minimum Gasteiger partial charge on any atom is -0.495 e. The van der Waals surface area contributed by atoms with Crippen LogP contribution in [0.15, 0.2) is 18.2 Å². The highest BCUT2D eigenvalue weighted by molar-refractivity contribution is 6.32. The molecule has 2 N–H and O–H groups in total. The molecule has 0 radical (unpaired) electrons. The lowest BCUT2D eigenvalue weighted by atomic mass is 9.89. The zero-order chi connectivity index (χ0) is 15.2. The van der Waals surface area contributed by atoms with Gasteiger partial charge in [0.25, 0.3) is 0 Å². The van der Waals surface area contributed by atoms with Crippen molar-refractivity contribution >= 4 is 11.6 Å². The Labute approximate surface area is 133 Å². The van der Waals surface area contributed by atoms with Gasteiger partial charge in [-0.2, -0.15) is 0 Å². The second kappa shape index (κ2) is 8.02. The molecule has 21 heavy (non-hydrogen) atoms. The Kier molecular flexibility index (Phi) is 6.34. The highest BCUT2D eigenvalue weighted by Crippen LogP contribution is 2.37. The molecule has 0 aliphatic carbocycles. The third-order valence-electron chi connectivity index (χ3n) is 4.44. The zero-order valence-corrected chi connectivity index (χ0v) is 13.9. The Morgan fingerprint density at radius 2 is 2.19 bits per heavy atom. The van der Waals surface area contributed by atoms with Crippen molar-refractivity contribution in [2.45, 2.75) is 38.6 Å². The molecule has 0 amide bonds. The van der Waals surface area contributed by atoms with Crippen LogP contribution in [-0.2, 0) is 0 Å². The summed E-state index contributed by atoms with van der Waals surface area (Å²) >= 11 is 6.33. The number of hydrogen-bond donors (Lipinski definition) is 1.